The van der Waals surface area contributed by atoms with Crippen LogP contribution in [0.4, 0.5) is 5.82 Å². The molecule has 1 saturated heterocycles. The molecule has 1 unspecified atom stereocenters. The normalized spacial score (nSPS) is 18.1. The van der Waals surface area contributed by atoms with Gasteiger partial charge in [-0.05, 0) is 31.5 Å². The van der Waals surface area contributed by atoms with Crippen LogP contribution >= 0.6 is 0 Å². The average molecular weight is 278 g/mol. The molecular formula is C15H26N4O. The number of methoxy groups -OCH3 is 1. The number of anilines is 1. The minimum Gasteiger partial charge on any atom is -0.495 e. The summed E-state index contributed by atoms with van der Waals surface area (Å²) in [7, 11) is 1.66. The molecule has 0 amide bonds. The molecule has 0 aromatic carbocycles. The average Bonchev–Trinajstić information content (AvgIpc) is 2.53. The first-order chi connectivity index (χ1) is 9.78. The molecule has 0 spiro atoms. The number of nitrogens with zero attached hydrogens (tertiary/aromatic N) is 3. The zero-order valence-electron chi connectivity index (χ0n) is 12.6. The second kappa shape index (κ2) is 7.45. The number of hydrogen-bond donors (Lipinski definition) is 1. The molecule has 1 fully saturated rings. The fraction of sp³-hybridized carbons (Fsp3) is 0.667. The smallest absolute Gasteiger partial charge is 0.137 e. The van der Waals surface area contributed by atoms with Crippen molar-refractivity contribution in [3.8, 4) is 5.75 Å². The lowest BCUT2D eigenvalue weighted by Gasteiger charge is -2.39. The second-order valence-electron chi connectivity index (χ2n) is 5.22. The molecule has 0 saturated carbocycles. The predicted molar refractivity (Wildman–Crippen MR) is 82.3 cm³/mol. The molecule has 5 heteroatoms. The third kappa shape index (κ3) is 3.61. The fourth-order valence-corrected chi connectivity index (χ4v) is 2.83. The van der Waals surface area contributed by atoms with E-state index in [2.05, 4.69) is 21.7 Å². The molecule has 0 radical (unpaired) electrons. The van der Waals surface area contributed by atoms with Crippen LogP contribution < -0.4 is 15.4 Å². The maximum Gasteiger partial charge on any atom is 0.137 e. The first kappa shape index (κ1) is 15.1. The number of rotatable bonds is 6. The Morgan fingerprint density at radius 2 is 2.05 bits per heavy atom. The van der Waals surface area contributed by atoms with Crippen LogP contribution in [-0.4, -0.2) is 55.8 Å². The third-order valence-electron chi connectivity index (χ3n) is 4.08. The molecule has 1 aromatic heterocycles. The van der Waals surface area contributed by atoms with Gasteiger partial charge in [-0.15, -0.1) is 0 Å². The van der Waals surface area contributed by atoms with E-state index in [1.165, 1.54) is 6.42 Å². The quantitative estimate of drug-likeness (QED) is 0.851. The summed E-state index contributed by atoms with van der Waals surface area (Å²) < 4.78 is 5.15. The molecule has 1 atom stereocenters. The van der Waals surface area contributed by atoms with Crippen molar-refractivity contribution in [3.05, 3.63) is 18.3 Å². The summed E-state index contributed by atoms with van der Waals surface area (Å²) in [5.74, 6) is 1.85. The van der Waals surface area contributed by atoms with Crippen molar-refractivity contribution in [2.45, 2.75) is 25.8 Å². The van der Waals surface area contributed by atoms with Gasteiger partial charge in [0, 0.05) is 32.2 Å². The van der Waals surface area contributed by atoms with Crippen molar-refractivity contribution in [1.29, 1.82) is 0 Å². The molecule has 2 N–H and O–H groups in total. The lowest BCUT2D eigenvalue weighted by molar-refractivity contribution is 0.173. The van der Waals surface area contributed by atoms with Gasteiger partial charge in [-0.1, -0.05) is 6.92 Å². The second-order valence-corrected chi connectivity index (χ2v) is 5.22. The van der Waals surface area contributed by atoms with Crippen LogP contribution in [0.25, 0.3) is 0 Å². The standard InChI is InChI=1S/C15H26N4O/c1-3-13(6-7-16)18-8-10-19(11-9-18)15-5-4-14(20-2)12-17-15/h4-5,12-13H,3,6-11,16H2,1-2H3. The number of ether oxygens (including phenoxy) is 1. The van der Waals surface area contributed by atoms with Crippen LogP contribution in [0.1, 0.15) is 19.8 Å². The lowest BCUT2D eigenvalue weighted by atomic mass is 10.1. The van der Waals surface area contributed by atoms with Gasteiger partial charge >= 0.3 is 0 Å². The van der Waals surface area contributed by atoms with Crippen molar-refractivity contribution in [2.75, 3.05) is 44.7 Å². The van der Waals surface area contributed by atoms with Crippen molar-refractivity contribution < 1.29 is 4.74 Å². The van der Waals surface area contributed by atoms with Gasteiger partial charge in [0.05, 0.1) is 13.3 Å². The van der Waals surface area contributed by atoms with E-state index in [4.69, 9.17) is 10.5 Å². The third-order valence-corrected chi connectivity index (χ3v) is 4.08. The number of piperazine rings is 1. The van der Waals surface area contributed by atoms with E-state index in [1.54, 1.807) is 13.3 Å². The topological polar surface area (TPSA) is 54.6 Å². The predicted octanol–water partition coefficient (Wildman–Crippen LogP) is 1.34. The molecule has 20 heavy (non-hydrogen) atoms. The van der Waals surface area contributed by atoms with E-state index in [-0.39, 0.29) is 0 Å². The zero-order valence-corrected chi connectivity index (χ0v) is 12.6. The van der Waals surface area contributed by atoms with Crippen molar-refractivity contribution in [3.63, 3.8) is 0 Å². The molecule has 2 heterocycles. The summed E-state index contributed by atoms with van der Waals surface area (Å²) in [5, 5.41) is 0. The van der Waals surface area contributed by atoms with Crippen LogP contribution in [-0.2, 0) is 0 Å². The van der Waals surface area contributed by atoms with Crippen LogP contribution in [0.15, 0.2) is 18.3 Å². The summed E-state index contributed by atoms with van der Waals surface area (Å²) >= 11 is 0. The van der Waals surface area contributed by atoms with Crippen LogP contribution in [0.2, 0.25) is 0 Å². The molecule has 0 bridgehead atoms. The number of aromatic nitrogens is 1. The Balaban J connectivity index is 1.89. The summed E-state index contributed by atoms with van der Waals surface area (Å²) in [6.07, 6.45) is 4.06. The number of pyridine rings is 1. The van der Waals surface area contributed by atoms with E-state index >= 15 is 0 Å². The van der Waals surface area contributed by atoms with Crippen molar-refractivity contribution in [1.82, 2.24) is 9.88 Å². The molecule has 1 aliphatic rings. The molecule has 112 valence electrons. The van der Waals surface area contributed by atoms with E-state index < -0.39 is 0 Å². The Hall–Kier alpha value is -1.33. The highest BCUT2D eigenvalue weighted by Crippen LogP contribution is 2.19. The first-order valence-corrected chi connectivity index (χ1v) is 7.47. The summed E-state index contributed by atoms with van der Waals surface area (Å²) in [6.45, 7) is 7.26. The van der Waals surface area contributed by atoms with Crippen LogP contribution in [0, 0.1) is 0 Å². The highest BCUT2D eigenvalue weighted by Gasteiger charge is 2.22. The molecule has 1 aliphatic heterocycles. The minimum atomic E-state index is 0.631. The van der Waals surface area contributed by atoms with Crippen LogP contribution in [0.5, 0.6) is 5.75 Å². The SMILES string of the molecule is CCC(CCN)N1CCN(c2ccc(OC)cn2)CC1. The molecule has 0 aliphatic carbocycles. The maximum atomic E-state index is 5.70. The number of hydrogen-bond acceptors (Lipinski definition) is 5. The first-order valence-electron chi connectivity index (χ1n) is 7.47. The van der Waals surface area contributed by atoms with Gasteiger partial charge < -0.3 is 15.4 Å². The van der Waals surface area contributed by atoms with Gasteiger partial charge in [-0.2, -0.15) is 0 Å². The lowest BCUT2D eigenvalue weighted by Crippen LogP contribution is -2.50. The monoisotopic (exact) mass is 278 g/mol. The molecule has 1 aromatic rings. The molecule has 5 nitrogen and oxygen atoms in total. The Morgan fingerprint density at radius 3 is 2.55 bits per heavy atom. The maximum absolute atomic E-state index is 5.70. The highest BCUT2D eigenvalue weighted by atomic mass is 16.5. The zero-order chi connectivity index (χ0) is 14.4. The van der Waals surface area contributed by atoms with Gasteiger partial charge in [-0.25, -0.2) is 4.98 Å². The summed E-state index contributed by atoms with van der Waals surface area (Å²) in [5.41, 5.74) is 5.70. The van der Waals surface area contributed by atoms with E-state index in [0.717, 1.165) is 50.7 Å². The van der Waals surface area contributed by atoms with Gasteiger partial charge in [-0.3, -0.25) is 4.90 Å². The Morgan fingerprint density at radius 1 is 1.30 bits per heavy atom. The van der Waals surface area contributed by atoms with Gasteiger partial charge in [0.2, 0.25) is 0 Å². The Bertz CT molecular complexity index is 387. The van der Waals surface area contributed by atoms with E-state index in [1.807, 2.05) is 12.1 Å². The van der Waals surface area contributed by atoms with Gasteiger partial charge in [0.1, 0.15) is 11.6 Å². The van der Waals surface area contributed by atoms with Gasteiger partial charge in [0.15, 0.2) is 0 Å². The van der Waals surface area contributed by atoms with E-state index in [0.29, 0.717) is 6.04 Å². The molecule has 2 rings (SSSR count). The molecular weight excluding hydrogens is 252 g/mol. The van der Waals surface area contributed by atoms with Crippen molar-refractivity contribution >= 4 is 5.82 Å². The summed E-state index contributed by atoms with van der Waals surface area (Å²) in [4.78, 5) is 9.36. The summed E-state index contributed by atoms with van der Waals surface area (Å²) in [6, 6.07) is 4.63. The van der Waals surface area contributed by atoms with Crippen molar-refractivity contribution in [2.24, 2.45) is 5.73 Å². The fourth-order valence-electron chi connectivity index (χ4n) is 2.83. The highest BCUT2D eigenvalue weighted by molar-refractivity contribution is 5.41. The van der Waals surface area contributed by atoms with Gasteiger partial charge in [0.25, 0.3) is 0 Å². The van der Waals surface area contributed by atoms with E-state index in [9.17, 15) is 0 Å². The number of nitrogens with two attached hydrogens (primary N) is 1. The Labute approximate surface area is 121 Å². The minimum absolute atomic E-state index is 0.631. The van der Waals surface area contributed by atoms with Crippen LogP contribution in [0.3, 0.4) is 0 Å². The Kier molecular flexibility index (Phi) is 5.61. The largest absolute Gasteiger partial charge is 0.495 e.